The highest BCUT2D eigenvalue weighted by atomic mass is 35.5. The number of rotatable bonds is 5. The van der Waals surface area contributed by atoms with Crippen LogP contribution in [0.15, 0.2) is 55.1 Å². The van der Waals surface area contributed by atoms with E-state index in [9.17, 15) is 10.2 Å². The van der Waals surface area contributed by atoms with Crippen molar-refractivity contribution in [2.24, 2.45) is 0 Å². The average molecular weight is 484 g/mol. The molecule has 0 saturated carbocycles. The number of likely N-dealkylation sites (tertiary alicyclic amines) is 1. The SMILES string of the molecule is C=CC(O)N1CCC[C@@H](Nc2snc3c(F)c(-c4cc(O)cc5ccccc45)c(Cl)cc23)C1. The minimum Gasteiger partial charge on any atom is -0.508 e. The van der Waals surface area contributed by atoms with Crippen LogP contribution in [-0.4, -0.2) is 44.8 Å². The van der Waals surface area contributed by atoms with Crippen LogP contribution >= 0.6 is 23.1 Å². The number of benzene rings is 3. The molecule has 3 N–H and O–H groups in total. The first kappa shape index (κ1) is 22.1. The van der Waals surface area contributed by atoms with Crippen LogP contribution in [0, 0.1) is 5.82 Å². The number of nitrogens with zero attached hydrogens (tertiary/aromatic N) is 2. The molecule has 1 aliphatic heterocycles. The number of aliphatic hydroxyl groups is 1. The normalized spacial score (nSPS) is 18.0. The predicted molar refractivity (Wildman–Crippen MR) is 134 cm³/mol. The molecule has 170 valence electrons. The zero-order valence-electron chi connectivity index (χ0n) is 17.8. The Kier molecular flexibility index (Phi) is 5.97. The quantitative estimate of drug-likeness (QED) is 0.304. The third-order valence-electron chi connectivity index (χ3n) is 6.15. The van der Waals surface area contributed by atoms with E-state index in [0.29, 0.717) is 17.5 Å². The first-order chi connectivity index (χ1) is 16.0. The maximum Gasteiger partial charge on any atom is 0.159 e. The number of halogens is 2. The van der Waals surface area contributed by atoms with Crippen molar-refractivity contribution >= 4 is 49.8 Å². The van der Waals surface area contributed by atoms with Gasteiger partial charge in [-0.1, -0.05) is 42.4 Å². The van der Waals surface area contributed by atoms with Crippen LogP contribution in [0.1, 0.15) is 12.8 Å². The molecule has 4 aromatic rings. The first-order valence-corrected chi connectivity index (χ1v) is 11.9. The highest BCUT2D eigenvalue weighted by Crippen LogP contribution is 2.43. The molecule has 8 heteroatoms. The summed E-state index contributed by atoms with van der Waals surface area (Å²) in [4.78, 5) is 1.95. The number of aromatic nitrogens is 1. The molecule has 5 nitrogen and oxygen atoms in total. The fourth-order valence-electron chi connectivity index (χ4n) is 4.56. The van der Waals surface area contributed by atoms with Gasteiger partial charge in [-0.3, -0.25) is 4.90 Å². The van der Waals surface area contributed by atoms with E-state index in [2.05, 4.69) is 16.3 Å². The summed E-state index contributed by atoms with van der Waals surface area (Å²) in [5, 5.41) is 27.0. The van der Waals surface area contributed by atoms with Crippen LogP contribution in [0.3, 0.4) is 0 Å². The van der Waals surface area contributed by atoms with Gasteiger partial charge in [0.25, 0.3) is 0 Å². The van der Waals surface area contributed by atoms with E-state index in [0.717, 1.165) is 35.2 Å². The van der Waals surface area contributed by atoms with E-state index in [4.69, 9.17) is 11.6 Å². The number of hydrogen-bond donors (Lipinski definition) is 3. The molecule has 1 aliphatic rings. The molecule has 33 heavy (non-hydrogen) atoms. The summed E-state index contributed by atoms with van der Waals surface area (Å²) >= 11 is 7.82. The summed E-state index contributed by atoms with van der Waals surface area (Å²) in [6.45, 7) is 5.11. The number of nitrogens with one attached hydrogen (secondary N) is 1. The lowest BCUT2D eigenvalue weighted by Gasteiger charge is -2.35. The lowest BCUT2D eigenvalue weighted by atomic mass is 9.96. The Balaban J connectivity index is 1.54. The molecular formula is C25H23ClFN3O2S. The molecule has 0 spiro atoms. The predicted octanol–water partition coefficient (Wildman–Crippen LogP) is 6.00. The molecule has 1 saturated heterocycles. The van der Waals surface area contributed by atoms with Gasteiger partial charge in [-0.15, -0.1) is 0 Å². The van der Waals surface area contributed by atoms with Crippen LogP contribution in [0.5, 0.6) is 5.75 Å². The minimum absolute atomic E-state index is 0.0449. The molecule has 0 bridgehead atoms. The van der Waals surface area contributed by atoms with Gasteiger partial charge in [-0.25, -0.2) is 4.39 Å². The fraction of sp³-hybridized carbons (Fsp3) is 0.240. The van der Waals surface area contributed by atoms with E-state index < -0.39 is 12.0 Å². The van der Waals surface area contributed by atoms with Gasteiger partial charge >= 0.3 is 0 Å². The van der Waals surface area contributed by atoms with Gasteiger partial charge in [-0.2, -0.15) is 4.37 Å². The van der Waals surface area contributed by atoms with Crippen molar-refractivity contribution in [3.05, 3.63) is 66.0 Å². The zero-order valence-corrected chi connectivity index (χ0v) is 19.3. The van der Waals surface area contributed by atoms with Gasteiger partial charge in [0.05, 0.1) is 5.02 Å². The molecule has 0 aliphatic carbocycles. The van der Waals surface area contributed by atoms with Gasteiger partial charge in [0, 0.05) is 30.1 Å². The maximum absolute atomic E-state index is 15.8. The lowest BCUT2D eigenvalue weighted by molar-refractivity contribution is 0.0252. The highest BCUT2D eigenvalue weighted by Gasteiger charge is 2.26. The number of anilines is 1. The number of aliphatic hydroxyl groups excluding tert-OH is 1. The van der Waals surface area contributed by atoms with Gasteiger partial charge in [-0.05, 0) is 65.0 Å². The summed E-state index contributed by atoms with van der Waals surface area (Å²) < 4.78 is 20.2. The van der Waals surface area contributed by atoms with Gasteiger partial charge in [0.2, 0.25) is 0 Å². The van der Waals surface area contributed by atoms with Crippen molar-refractivity contribution in [1.82, 2.24) is 9.27 Å². The van der Waals surface area contributed by atoms with Crippen molar-refractivity contribution in [1.29, 1.82) is 0 Å². The lowest BCUT2D eigenvalue weighted by Crippen LogP contribution is -2.46. The molecule has 1 fully saturated rings. The number of piperidine rings is 1. The summed E-state index contributed by atoms with van der Waals surface area (Å²) in [5.74, 6) is -0.464. The van der Waals surface area contributed by atoms with Crippen LogP contribution < -0.4 is 5.32 Å². The molecule has 1 aromatic heterocycles. The molecular weight excluding hydrogens is 461 g/mol. The van der Waals surface area contributed by atoms with Crippen LogP contribution in [0.4, 0.5) is 9.39 Å². The Labute approximate surface area is 199 Å². The number of phenolic OH excluding ortho intramolecular Hbond substituents is 1. The first-order valence-electron chi connectivity index (χ1n) is 10.8. The largest absolute Gasteiger partial charge is 0.508 e. The second-order valence-electron chi connectivity index (χ2n) is 8.30. The number of phenols is 1. The topological polar surface area (TPSA) is 68.6 Å². The highest BCUT2D eigenvalue weighted by molar-refractivity contribution is 7.11. The Hall–Kier alpha value is -2.71. The minimum atomic E-state index is -0.681. The van der Waals surface area contributed by atoms with Crippen molar-refractivity contribution in [2.45, 2.75) is 25.1 Å². The monoisotopic (exact) mass is 483 g/mol. The van der Waals surface area contributed by atoms with Crippen molar-refractivity contribution in [2.75, 3.05) is 18.4 Å². The van der Waals surface area contributed by atoms with Crippen LogP contribution in [0.2, 0.25) is 5.02 Å². The molecule has 0 amide bonds. The summed E-state index contributed by atoms with van der Waals surface area (Å²) in [6.07, 6.45) is 2.71. The summed E-state index contributed by atoms with van der Waals surface area (Å²) in [5.41, 5.74) is 0.998. The zero-order chi connectivity index (χ0) is 23.1. The molecule has 5 rings (SSSR count). The second-order valence-corrected chi connectivity index (χ2v) is 9.48. The maximum atomic E-state index is 15.8. The summed E-state index contributed by atoms with van der Waals surface area (Å²) in [7, 11) is 0. The second kappa shape index (κ2) is 8.91. The van der Waals surface area contributed by atoms with Crippen molar-refractivity contribution in [3.8, 4) is 16.9 Å². The van der Waals surface area contributed by atoms with Crippen molar-refractivity contribution in [3.63, 3.8) is 0 Å². The Morgan fingerprint density at radius 1 is 1.27 bits per heavy atom. The van der Waals surface area contributed by atoms with E-state index in [1.54, 1.807) is 12.1 Å². The van der Waals surface area contributed by atoms with E-state index >= 15 is 4.39 Å². The van der Waals surface area contributed by atoms with Gasteiger partial charge < -0.3 is 15.5 Å². The molecule has 3 aromatic carbocycles. The number of hydrogen-bond acceptors (Lipinski definition) is 6. The third-order valence-corrected chi connectivity index (χ3v) is 7.25. The number of fused-ring (bicyclic) bond motifs is 2. The summed E-state index contributed by atoms with van der Waals surface area (Å²) in [6, 6.07) is 12.5. The van der Waals surface area contributed by atoms with E-state index in [1.165, 1.54) is 23.7 Å². The van der Waals surface area contributed by atoms with Gasteiger partial charge in [0.15, 0.2) is 5.82 Å². The molecule has 0 radical (unpaired) electrons. The Morgan fingerprint density at radius 2 is 2.09 bits per heavy atom. The molecule has 1 unspecified atom stereocenters. The fourth-order valence-corrected chi connectivity index (χ4v) is 5.69. The van der Waals surface area contributed by atoms with E-state index in [1.807, 2.05) is 29.2 Å². The van der Waals surface area contributed by atoms with E-state index in [-0.39, 0.29) is 27.9 Å². The van der Waals surface area contributed by atoms with Crippen molar-refractivity contribution < 1.29 is 14.6 Å². The molecule has 2 atom stereocenters. The number of aromatic hydroxyl groups is 1. The third kappa shape index (κ3) is 4.06. The Bertz CT molecular complexity index is 1360. The standard InChI is InChI=1S/C25H23ClFN3O2S/c1-2-21(32)30-9-5-7-15(13-30)28-25-19-12-20(26)22(23(27)24(19)29-33-25)18-11-16(31)10-14-6-3-4-8-17(14)18/h2-4,6,8,10-12,15,21,28,31-32H,1,5,7,9,13H2/t15-,21?/m1/s1. The smallest absolute Gasteiger partial charge is 0.159 e. The average Bonchev–Trinajstić information content (AvgIpc) is 3.21. The molecule has 2 heterocycles. The Morgan fingerprint density at radius 3 is 2.91 bits per heavy atom. The van der Waals surface area contributed by atoms with Crippen LogP contribution in [-0.2, 0) is 0 Å². The van der Waals surface area contributed by atoms with Gasteiger partial charge in [0.1, 0.15) is 22.5 Å². The van der Waals surface area contributed by atoms with Crippen LogP contribution in [0.25, 0.3) is 32.8 Å².